The van der Waals surface area contributed by atoms with Crippen LogP contribution >= 0.6 is 11.3 Å². The molecule has 4 aromatic rings. The quantitative estimate of drug-likeness (QED) is 0.118. The van der Waals surface area contributed by atoms with E-state index in [1.807, 2.05) is 26.0 Å². The molecule has 14 heteroatoms. The summed E-state index contributed by atoms with van der Waals surface area (Å²) in [7, 11) is 0. The molecule has 3 aliphatic rings. The lowest BCUT2D eigenvalue weighted by molar-refractivity contribution is -0.164. The zero-order valence-electron chi connectivity index (χ0n) is 27.0. The van der Waals surface area contributed by atoms with Crippen LogP contribution in [0.15, 0.2) is 24.5 Å². The predicted molar refractivity (Wildman–Crippen MR) is 178 cm³/mol. The van der Waals surface area contributed by atoms with Crippen LogP contribution in [0.5, 0.6) is 0 Å². The van der Waals surface area contributed by atoms with Crippen molar-refractivity contribution in [2.45, 2.75) is 78.7 Å². The summed E-state index contributed by atoms with van der Waals surface area (Å²) in [6, 6.07) is 3.33. The molecular formula is C33H44F2N6O5S. The molecule has 0 unspecified atom stereocenters. The number of thiophene rings is 1. The summed E-state index contributed by atoms with van der Waals surface area (Å²) in [6.45, 7) is 7.31. The fraction of sp³-hybridized carbons (Fsp3) is 0.515. The van der Waals surface area contributed by atoms with E-state index in [4.69, 9.17) is 14.2 Å². The van der Waals surface area contributed by atoms with Crippen LogP contribution < -0.4 is 5.32 Å². The summed E-state index contributed by atoms with van der Waals surface area (Å²) in [5, 5.41) is 3.27. The fourth-order valence-electron chi connectivity index (χ4n) is 6.40. The zero-order valence-corrected chi connectivity index (χ0v) is 27.8. The first kappa shape index (κ1) is 34.1. The number of hydrogen-bond donors (Lipinski definition) is 2. The Hall–Kier alpha value is -4.20. The summed E-state index contributed by atoms with van der Waals surface area (Å²) < 4.78 is 45.5. The molecule has 11 nitrogen and oxygen atoms in total. The van der Waals surface area contributed by atoms with Crippen molar-refractivity contribution >= 4 is 40.4 Å². The van der Waals surface area contributed by atoms with Gasteiger partial charge in [-0.15, -0.1) is 11.3 Å². The Morgan fingerprint density at radius 1 is 1.04 bits per heavy atom. The summed E-state index contributed by atoms with van der Waals surface area (Å²) in [6.07, 6.45) is 7.95. The van der Waals surface area contributed by atoms with Crippen molar-refractivity contribution in [3.63, 3.8) is 0 Å². The number of H-pyrrole nitrogens is 1. The number of carbonyl (C=O) groups is 2. The predicted octanol–water partition coefficient (Wildman–Crippen LogP) is 8.17. The molecule has 3 saturated carbocycles. The highest BCUT2D eigenvalue weighted by molar-refractivity contribution is 7.15. The van der Waals surface area contributed by atoms with Crippen molar-refractivity contribution in [3.05, 3.63) is 41.2 Å². The van der Waals surface area contributed by atoms with Gasteiger partial charge in [-0.2, -0.15) is 4.39 Å². The van der Waals surface area contributed by atoms with Gasteiger partial charge in [0.25, 0.3) is 0 Å². The Morgan fingerprint density at radius 2 is 1.81 bits per heavy atom. The number of rotatable bonds is 11. The van der Waals surface area contributed by atoms with E-state index in [1.165, 1.54) is 11.3 Å². The number of aryl methyl sites for hydroxylation is 1. The summed E-state index contributed by atoms with van der Waals surface area (Å²) in [5.41, 5.74) is 1.01. The minimum atomic E-state index is -0.929. The van der Waals surface area contributed by atoms with Crippen molar-refractivity contribution in [3.8, 4) is 22.0 Å². The minimum absolute atomic E-state index is 0. The van der Waals surface area contributed by atoms with Crippen LogP contribution in [0.25, 0.3) is 33.1 Å². The van der Waals surface area contributed by atoms with Gasteiger partial charge in [0, 0.05) is 20.0 Å². The zero-order chi connectivity index (χ0) is 33.5. The largest absolute Gasteiger partial charge is 0.511 e. The number of fused-ring (bicyclic) bond motifs is 4. The summed E-state index contributed by atoms with van der Waals surface area (Å²) in [5.74, 6) is -2.44. The second kappa shape index (κ2) is 15.6. The second-order valence-corrected chi connectivity index (χ2v) is 12.5. The second-order valence-electron chi connectivity index (χ2n) is 11.3. The molecule has 0 spiro atoms. The van der Waals surface area contributed by atoms with Gasteiger partial charge in [-0.05, 0) is 69.4 Å². The third kappa shape index (κ3) is 7.53. The van der Waals surface area contributed by atoms with E-state index in [2.05, 4.69) is 37.2 Å². The first-order chi connectivity index (χ1) is 22.9. The summed E-state index contributed by atoms with van der Waals surface area (Å²) >= 11 is 1.46. The molecule has 4 aromatic heterocycles. The van der Waals surface area contributed by atoms with E-state index in [-0.39, 0.29) is 44.1 Å². The lowest BCUT2D eigenvalue weighted by Gasteiger charge is -2.47. The molecule has 0 aromatic carbocycles. The van der Waals surface area contributed by atoms with Gasteiger partial charge < -0.3 is 24.5 Å². The van der Waals surface area contributed by atoms with Gasteiger partial charge in [-0.3, -0.25) is 4.79 Å². The Kier molecular flexibility index (Phi) is 11.3. The molecule has 2 N–H and O–H groups in total. The molecule has 7 rings (SSSR count). The Labute approximate surface area is 278 Å². The highest BCUT2D eigenvalue weighted by atomic mass is 32.1. The number of halogens is 2. The molecular weight excluding hydrogens is 630 g/mol. The molecule has 3 fully saturated rings. The maximum atomic E-state index is 16.4. The van der Waals surface area contributed by atoms with E-state index in [1.54, 1.807) is 13.1 Å². The number of esters is 1. The standard InChI is InChI=1S/C31H34F2N6O5S.C2H6.2H2/c1-3-5-6-18-11-12-20(45-18)26-23(33)28(39-27(38-26)19-13-34-29-25(19)36-21(32)14-35-29)37-24-17-9-7-16(8-10-17)22(24)30(40)43-15-44-31(41)42-4-2;1-2;;/h11-14,16-17,22,24H,3-10,15H2,1-2H3,(H,34,35)(H,37,38,39);1-2H3;2*1H/t16?,17?,22-,24-;;;/m0.../s1. The molecule has 0 saturated heterocycles. The smallest absolute Gasteiger partial charge is 0.435 e. The molecule has 256 valence electrons. The lowest BCUT2D eigenvalue weighted by Crippen LogP contribution is -2.52. The normalized spacial score (nSPS) is 20.0. The van der Waals surface area contributed by atoms with E-state index < -0.39 is 42.6 Å². The molecule has 0 radical (unpaired) electrons. The first-order valence-electron chi connectivity index (χ1n) is 16.3. The first-order valence-corrected chi connectivity index (χ1v) is 17.1. The number of carbonyl (C=O) groups excluding carboxylic acids is 2. The van der Waals surface area contributed by atoms with Gasteiger partial charge >= 0.3 is 12.1 Å². The Balaban J connectivity index is 0.00000160. The maximum absolute atomic E-state index is 16.4. The number of aromatic amines is 1. The Bertz CT molecular complexity index is 1700. The monoisotopic (exact) mass is 674 g/mol. The van der Waals surface area contributed by atoms with Crippen LogP contribution in [0.1, 0.15) is 74.0 Å². The van der Waals surface area contributed by atoms with E-state index in [9.17, 15) is 14.0 Å². The molecule has 4 heterocycles. The van der Waals surface area contributed by atoms with Gasteiger partial charge in [0.1, 0.15) is 11.2 Å². The number of unbranched alkanes of at least 4 members (excludes halogenated alkanes) is 1. The number of nitrogens with zero attached hydrogens (tertiary/aromatic N) is 4. The van der Waals surface area contributed by atoms with E-state index >= 15 is 4.39 Å². The van der Waals surface area contributed by atoms with Crippen molar-refractivity contribution in [1.82, 2.24) is 24.9 Å². The van der Waals surface area contributed by atoms with Crippen molar-refractivity contribution in [2.75, 3.05) is 18.7 Å². The van der Waals surface area contributed by atoms with Crippen LogP contribution in [0.3, 0.4) is 0 Å². The highest BCUT2D eigenvalue weighted by Crippen LogP contribution is 2.47. The minimum Gasteiger partial charge on any atom is -0.435 e. The maximum Gasteiger partial charge on any atom is 0.511 e. The van der Waals surface area contributed by atoms with Gasteiger partial charge in [0.2, 0.25) is 12.7 Å². The number of aromatic nitrogens is 5. The topological polar surface area (TPSA) is 141 Å². The van der Waals surface area contributed by atoms with Gasteiger partial charge in [-0.1, -0.05) is 27.2 Å². The molecule has 0 amide bonds. The molecule has 2 bridgehead atoms. The van der Waals surface area contributed by atoms with Crippen LogP contribution in [-0.2, 0) is 25.4 Å². The number of ether oxygens (including phenoxy) is 3. The van der Waals surface area contributed by atoms with Gasteiger partial charge in [-0.25, -0.2) is 29.1 Å². The molecule has 2 atom stereocenters. The van der Waals surface area contributed by atoms with E-state index in [0.717, 1.165) is 56.0 Å². The molecule has 47 heavy (non-hydrogen) atoms. The molecule has 0 aliphatic heterocycles. The average Bonchev–Trinajstić information content (AvgIpc) is 3.73. The third-order valence-electron chi connectivity index (χ3n) is 8.55. The van der Waals surface area contributed by atoms with Crippen LogP contribution in [0.2, 0.25) is 0 Å². The SMILES string of the molecule is CC.CCCCc1ccc(-c2nc(-c3c[nH]c4ncc(F)nc34)nc(N[C@H]3C4CCC(CC4)[C@@H]3C(=O)OCOC(=O)OCC)c2F)s1.[HH].[HH]. The van der Waals surface area contributed by atoms with Gasteiger partial charge in [0.15, 0.2) is 23.1 Å². The third-order valence-corrected chi connectivity index (χ3v) is 9.70. The lowest BCUT2D eigenvalue weighted by atomic mass is 9.61. The number of anilines is 1. The number of nitrogens with one attached hydrogen (secondary N) is 2. The van der Waals surface area contributed by atoms with Crippen molar-refractivity contribution in [1.29, 1.82) is 0 Å². The van der Waals surface area contributed by atoms with Crippen LogP contribution in [-0.4, -0.2) is 56.5 Å². The summed E-state index contributed by atoms with van der Waals surface area (Å²) in [4.78, 5) is 46.8. The van der Waals surface area contributed by atoms with Crippen molar-refractivity contribution < 1.29 is 35.4 Å². The van der Waals surface area contributed by atoms with Gasteiger partial charge in [0.05, 0.1) is 29.2 Å². The number of hydrogen-bond acceptors (Lipinski definition) is 11. The fourth-order valence-corrected chi connectivity index (χ4v) is 7.44. The highest BCUT2D eigenvalue weighted by Gasteiger charge is 2.48. The average molecular weight is 675 g/mol. The van der Waals surface area contributed by atoms with E-state index in [0.29, 0.717) is 16.1 Å². The molecule has 3 aliphatic carbocycles. The van der Waals surface area contributed by atoms with Crippen LogP contribution in [0.4, 0.5) is 19.4 Å². The Morgan fingerprint density at radius 3 is 2.55 bits per heavy atom. The van der Waals surface area contributed by atoms with Crippen molar-refractivity contribution in [2.24, 2.45) is 17.8 Å². The van der Waals surface area contributed by atoms with Crippen LogP contribution in [0, 0.1) is 29.5 Å².